The fourth-order valence-electron chi connectivity index (χ4n) is 11.5. The van der Waals surface area contributed by atoms with E-state index in [0.717, 1.165) is 108 Å². The third-order valence-corrected chi connectivity index (χ3v) is 19.4. The van der Waals surface area contributed by atoms with Gasteiger partial charge in [-0.05, 0) is 37.5 Å². The van der Waals surface area contributed by atoms with Gasteiger partial charge in [0.25, 0.3) is 0 Å². The number of ether oxygens (including phenoxy) is 4. The molecule has 0 fully saturated rings. The number of rotatable bonds is 74. The lowest BCUT2D eigenvalue weighted by Crippen LogP contribution is -2.30. The van der Waals surface area contributed by atoms with Crippen molar-refractivity contribution in [2.24, 2.45) is 11.8 Å². The number of carbonyl (C=O) groups is 4. The number of carbonyl (C=O) groups excluding carboxylic acids is 4. The number of phosphoric acid groups is 2. The third-order valence-electron chi connectivity index (χ3n) is 17.5. The van der Waals surface area contributed by atoms with E-state index in [1.54, 1.807) is 0 Å². The van der Waals surface area contributed by atoms with Crippen molar-refractivity contribution in [3.63, 3.8) is 0 Å². The van der Waals surface area contributed by atoms with E-state index in [0.29, 0.717) is 25.7 Å². The predicted octanol–water partition coefficient (Wildman–Crippen LogP) is 21.9. The average Bonchev–Trinajstić information content (AvgIpc) is 2.00. The van der Waals surface area contributed by atoms with Gasteiger partial charge in [0, 0.05) is 25.7 Å². The highest BCUT2D eigenvalue weighted by atomic mass is 31.2. The van der Waals surface area contributed by atoms with Gasteiger partial charge in [-0.25, -0.2) is 9.13 Å². The van der Waals surface area contributed by atoms with Crippen LogP contribution in [0.5, 0.6) is 0 Å². The molecule has 0 bridgehead atoms. The van der Waals surface area contributed by atoms with Crippen molar-refractivity contribution >= 4 is 39.5 Å². The summed E-state index contributed by atoms with van der Waals surface area (Å²) in [6.45, 7) is 9.59. The summed E-state index contributed by atoms with van der Waals surface area (Å²) in [4.78, 5) is 72.7. The summed E-state index contributed by atoms with van der Waals surface area (Å²) < 4.78 is 68.5. The highest BCUT2D eigenvalue weighted by Crippen LogP contribution is 2.45. The van der Waals surface area contributed by atoms with Gasteiger partial charge in [0.15, 0.2) is 12.2 Å². The second-order valence-electron chi connectivity index (χ2n) is 28.0. The molecule has 0 spiro atoms. The zero-order valence-corrected chi connectivity index (χ0v) is 63.1. The van der Waals surface area contributed by atoms with Crippen molar-refractivity contribution in [1.29, 1.82) is 0 Å². The lowest BCUT2D eigenvalue weighted by atomic mass is 10.0. The van der Waals surface area contributed by atoms with E-state index >= 15 is 0 Å². The summed E-state index contributed by atoms with van der Waals surface area (Å²) >= 11 is 0. The first kappa shape index (κ1) is 92.1. The van der Waals surface area contributed by atoms with Crippen LogP contribution in [-0.2, 0) is 65.4 Å². The molecule has 94 heavy (non-hydrogen) atoms. The smallest absolute Gasteiger partial charge is 0.462 e. The van der Waals surface area contributed by atoms with Crippen LogP contribution >= 0.6 is 15.6 Å². The summed E-state index contributed by atoms with van der Waals surface area (Å²) in [6.07, 6.45) is 54.1. The molecule has 0 aliphatic rings. The normalized spacial score (nSPS) is 14.0. The minimum Gasteiger partial charge on any atom is -0.462 e. The van der Waals surface area contributed by atoms with Crippen molar-refractivity contribution in [2.75, 3.05) is 39.6 Å². The van der Waals surface area contributed by atoms with E-state index in [2.05, 4.69) is 41.5 Å². The largest absolute Gasteiger partial charge is 0.472 e. The van der Waals surface area contributed by atoms with Gasteiger partial charge in [0.1, 0.15) is 19.3 Å². The molecule has 0 radical (unpaired) electrons. The van der Waals surface area contributed by atoms with E-state index < -0.39 is 97.5 Å². The minimum absolute atomic E-state index is 0.107. The lowest BCUT2D eigenvalue weighted by Gasteiger charge is -2.21. The zero-order valence-electron chi connectivity index (χ0n) is 61.3. The average molecular weight is 1380 g/mol. The molecule has 0 saturated carbocycles. The van der Waals surface area contributed by atoms with E-state index in [-0.39, 0.29) is 25.7 Å². The van der Waals surface area contributed by atoms with Gasteiger partial charge < -0.3 is 33.8 Å². The molecule has 17 nitrogen and oxygen atoms in total. The molecule has 558 valence electrons. The van der Waals surface area contributed by atoms with Gasteiger partial charge in [-0.3, -0.25) is 37.3 Å². The van der Waals surface area contributed by atoms with Crippen molar-refractivity contribution in [3.05, 3.63) is 0 Å². The maximum absolute atomic E-state index is 13.1. The number of hydrogen-bond acceptors (Lipinski definition) is 15. The summed E-state index contributed by atoms with van der Waals surface area (Å²) in [7, 11) is -9.91. The number of aliphatic hydroxyl groups is 1. The van der Waals surface area contributed by atoms with Crippen LogP contribution in [0.25, 0.3) is 0 Å². The van der Waals surface area contributed by atoms with Gasteiger partial charge in [0.05, 0.1) is 26.4 Å². The van der Waals surface area contributed by atoms with Gasteiger partial charge in [0.2, 0.25) is 0 Å². The molecule has 3 N–H and O–H groups in total. The predicted molar refractivity (Wildman–Crippen MR) is 381 cm³/mol. The molecule has 0 aliphatic heterocycles. The maximum Gasteiger partial charge on any atom is 0.472 e. The highest BCUT2D eigenvalue weighted by Gasteiger charge is 2.30. The van der Waals surface area contributed by atoms with E-state index in [9.17, 15) is 43.2 Å². The summed E-state index contributed by atoms with van der Waals surface area (Å²) in [5.74, 6) is -0.559. The van der Waals surface area contributed by atoms with Crippen molar-refractivity contribution in [1.82, 2.24) is 0 Å². The Morgan fingerprint density at radius 2 is 0.489 bits per heavy atom. The van der Waals surface area contributed by atoms with E-state index in [1.807, 2.05) is 0 Å². The molecule has 0 amide bonds. The van der Waals surface area contributed by atoms with Crippen molar-refractivity contribution in [3.8, 4) is 0 Å². The van der Waals surface area contributed by atoms with Crippen LogP contribution in [0.15, 0.2) is 0 Å². The molecule has 0 aromatic rings. The van der Waals surface area contributed by atoms with Gasteiger partial charge in [-0.15, -0.1) is 0 Å². The van der Waals surface area contributed by atoms with Gasteiger partial charge in [-0.2, -0.15) is 0 Å². The van der Waals surface area contributed by atoms with Gasteiger partial charge in [-0.1, -0.05) is 337 Å². The van der Waals surface area contributed by atoms with Crippen LogP contribution < -0.4 is 0 Å². The Balaban J connectivity index is 5.22. The summed E-state index contributed by atoms with van der Waals surface area (Å²) in [5.41, 5.74) is 0. The van der Waals surface area contributed by atoms with E-state index in [1.165, 1.54) is 199 Å². The quantitative estimate of drug-likeness (QED) is 0.0222. The van der Waals surface area contributed by atoms with Crippen LogP contribution in [0.3, 0.4) is 0 Å². The second kappa shape index (κ2) is 66.9. The van der Waals surface area contributed by atoms with Crippen LogP contribution in [-0.4, -0.2) is 96.7 Å². The maximum atomic E-state index is 13.1. The summed E-state index contributed by atoms with van der Waals surface area (Å²) in [6, 6.07) is 0. The highest BCUT2D eigenvalue weighted by molar-refractivity contribution is 7.47. The van der Waals surface area contributed by atoms with Crippen LogP contribution in [0.2, 0.25) is 0 Å². The van der Waals surface area contributed by atoms with Crippen LogP contribution in [0.1, 0.15) is 388 Å². The number of hydrogen-bond donors (Lipinski definition) is 3. The Kier molecular flexibility index (Phi) is 65.5. The zero-order chi connectivity index (χ0) is 69.3. The molecule has 19 heteroatoms. The molecule has 5 atom stereocenters. The molecule has 0 saturated heterocycles. The van der Waals surface area contributed by atoms with Crippen LogP contribution in [0.4, 0.5) is 0 Å². The first-order chi connectivity index (χ1) is 45.4. The van der Waals surface area contributed by atoms with Crippen molar-refractivity contribution in [2.45, 2.75) is 407 Å². The Morgan fingerprint density at radius 3 is 0.723 bits per heavy atom. The first-order valence-corrected chi connectivity index (χ1v) is 42.0. The van der Waals surface area contributed by atoms with Crippen LogP contribution in [0, 0.1) is 11.8 Å². The lowest BCUT2D eigenvalue weighted by molar-refractivity contribution is -0.161. The SMILES string of the molecule is CCCCCCCCCCCCCCCCCCC(=O)O[C@H](COC(=O)CCCCCCCCCCCCCCC(C)C)COP(=O)(O)OC[C@@H](O)COP(=O)(O)OC[C@@H](COC(=O)CCCCCCCCCC)OC(=O)CCCCCCCCCCCCCCC(C)C. The molecule has 0 rings (SSSR count). The molecular weight excluding hydrogens is 1230 g/mol. The fourth-order valence-corrected chi connectivity index (χ4v) is 13.1. The number of aliphatic hydroxyl groups excluding tert-OH is 1. The van der Waals surface area contributed by atoms with Gasteiger partial charge >= 0.3 is 39.5 Å². The molecular formula is C75H146O17P2. The Morgan fingerprint density at radius 1 is 0.287 bits per heavy atom. The third kappa shape index (κ3) is 68.6. The number of unbranched alkanes of at least 4 members (excludes halogenated alkanes) is 44. The molecule has 0 aromatic carbocycles. The molecule has 0 heterocycles. The fraction of sp³-hybridized carbons (Fsp3) is 0.947. The molecule has 0 aromatic heterocycles. The number of esters is 4. The summed E-state index contributed by atoms with van der Waals surface area (Å²) in [5, 5.41) is 10.6. The second-order valence-corrected chi connectivity index (χ2v) is 30.9. The topological polar surface area (TPSA) is 237 Å². The Hall–Kier alpha value is -1.94. The standard InChI is InChI=1S/C75H146O17P2/c1-7-9-11-13-15-17-18-19-20-21-22-30-35-41-47-53-59-74(79)92-71(64-86-73(78)58-52-46-40-34-29-25-23-27-32-37-43-49-55-67(3)4)66-90-94(83,84)88-62-69(76)61-87-93(81,82)89-65-70(63-85-72(77)57-51-45-39-16-14-12-10-8-2)91-75(80)60-54-48-42-36-31-26-24-28-33-38-44-50-56-68(5)6/h67-71,76H,7-66H2,1-6H3,(H,81,82)(H,83,84)/t69-,70+,71+/m0/s1. The van der Waals surface area contributed by atoms with Crippen molar-refractivity contribution < 1.29 is 80.2 Å². The van der Waals surface area contributed by atoms with E-state index in [4.69, 9.17) is 37.0 Å². The Bertz CT molecular complexity index is 1820. The minimum atomic E-state index is -4.96. The Labute approximate surface area is 575 Å². The molecule has 2 unspecified atom stereocenters. The molecule has 0 aliphatic carbocycles. The first-order valence-electron chi connectivity index (χ1n) is 39.0. The number of phosphoric ester groups is 2. The monoisotopic (exact) mass is 1380 g/mol.